The second-order valence-corrected chi connectivity index (χ2v) is 5.08. The Balaban J connectivity index is 2.54. The Hall–Kier alpha value is -2.87. The number of halogens is 1. The minimum atomic E-state index is -1.21. The summed E-state index contributed by atoms with van der Waals surface area (Å²) in [5.74, 6) is -1.75. The van der Waals surface area contributed by atoms with Gasteiger partial charge in [-0.15, -0.1) is 0 Å². The van der Waals surface area contributed by atoms with Gasteiger partial charge in [-0.2, -0.15) is 0 Å². The molecule has 0 unspecified atom stereocenters. The van der Waals surface area contributed by atoms with Gasteiger partial charge in [-0.3, -0.25) is 18.9 Å². The highest BCUT2D eigenvalue weighted by Crippen LogP contribution is 2.22. The fraction of sp³-hybridized carbons (Fsp3) is 0.143. The zero-order valence-electron chi connectivity index (χ0n) is 12.1. The number of aromatic nitrogens is 2. The maximum Gasteiger partial charge on any atom is 0.337 e. The molecule has 0 aliphatic carbocycles. The Morgan fingerprint density at radius 3 is 2.52 bits per heavy atom. The Labute approximate surface area is 134 Å². The zero-order valence-corrected chi connectivity index (χ0v) is 12.9. The number of hydrogen-bond acceptors (Lipinski definition) is 5. The Morgan fingerprint density at radius 2 is 1.91 bits per heavy atom. The SMILES string of the molecule is Cn1c(O)c(C=Nc2ccc(Cl)c(C(=O)O)c2)c(=O)n(C)c1=O. The molecule has 0 amide bonds. The van der Waals surface area contributed by atoms with E-state index in [1.807, 2.05) is 0 Å². The molecule has 1 aromatic heterocycles. The van der Waals surface area contributed by atoms with E-state index in [0.717, 1.165) is 15.3 Å². The van der Waals surface area contributed by atoms with Gasteiger partial charge in [0.05, 0.1) is 16.3 Å². The van der Waals surface area contributed by atoms with E-state index in [0.29, 0.717) is 0 Å². The van der Waals surface area contributed by atoms with Crippen LogP contribution < -0.4 is 11.2 Å². The number of hydrogen-bond donors (Lipinski definition) is 2. The summed E-state index contributed by atoms with van der Waals surface area (Å²) in [6.07, 6.45) is 1.06. The van der Waals surface area contributed by atoms with Crippen molar-refractivity contribution >= 4 is 29.5 Å². The number of carbonyl (C=O) groups is 1. The van der Waals surface area contributed by atoms with E-state index in [2.05, 4.69) is 4.99 Å². The molecule has 2 rings (SSSR count). The van der Waals surface area contributed by atoms with Gasteiger partial charge in [0, 0.05) is 20.3 Å². The molecule has 9 heteroatoms. The Kier molecular flexibility index (Phi) is 4.37. The van der Waals surface area contributed by atoms with Crippen LogP contribution in [0.3, 0.4) is 0 Å². The summed E-state index contributed by atoms with van der Waals surface area (Å²) in [6, 6.07) is 4.04. The van der Waals surface area contributed by atoms with Gasteiger partial charge in [-0.05, 0) is 18.2 Å². The second-order valence-electron chi connectivity index (χ2n) is 4.67. The van der Waals surface area contributed by atoms with Crippen molar-refractivity contribution in [2.45, 2.75) is 0 Å². The van der Waals surface area contributed by atoms with Crippen LogP contribution in [0.25, 0.3) is 0 Å². The number of carboxylic acids is 1. The van der Waals surface area contributed by atoms with E-state index < -0.39 is 23.1 Å². The number of aromatic hydroxyl groups is 1. The second kappa shape index (κ2) is 6.09. The molecule has 2 aromatic rings. The molecule has 2 N–H and O–H groups in total. The van der Waals surface area contributed by atoms with Crippen LogP contribution in [0.15, 0.2) is 32.8 Å². The summed E-state index contributed by atoms with van der Waals surface area (Å²) >= 11 is 5.75. The average molecular weight is 338 g/mol. The molecule has 120 valence electrons. The highest BCUT2D eigenvalue weighted by atomic mass is 35.5. The van der Waals surface area contributed by atoms with E-state index in [1.165, 1.54) is 32.3 Å². The van der Waals surface area contributed by atoms with Gasteiger partial charge in [-0.1, -0.05) is 11.6 Å². The highest BCUT2D eigenvalue weighted by molar-refractivity contribution is 6.33. The van der Waals surface area contributed by atoms with Crippen LogP contribution in [0.2, 0.25) is 5.02 Å². The summed E-state index contributed by atoms with van der Waals surface area (Å²) in [7, 11) is 2.57. The first-order chi connectivity index (χ1) is 10.7. The fourth-order valence-corrected chi connectivity index (χ4v) is 2.07. The van der Waals surface area contributed by atoms with E-state index in [9.17, 15) is 19.5 Å². The largest absolute Gasteiger partial charge is 0.494 e. The van der Waals surface area contributed by atoms with Crippen LogP contribution in [0.5, 0.6) is 5.88 Å². The van der Waals surface area contributed by atoms with Gasteiger partial charge in [-0.25, -0.2) is 9.59 Å². The molecule has 0 atom stereocenters. The lowest BCUT2D eigenvalue weighted by Crippen LogP contribution is -2.38. The van der Waals surface area contributed by atoms with Gasteiger partial charge in [0.2, 0.25) is 5.88 Å². The summed E-state index contributed by atoms with van der Waals surface area (Å²) in [6.45, 7) is 0. The molecule has 1 heterocycles. The van der Waals surface area contributed by atoms with Crippen molar-refractivity contribution in [1.29, 1.82) is 0 Å². The quantitative estimate of drug-likeness (QED) is 0.807. The van der Waals surface area contributed by atoms with Crippen molar-refractivity contribution in [3.05, 3.63) is 55.2 Å². The van der Waals surface area contributed by atoms with Crippen molar-refractivity contribution in [2.24, 2.45) is 19.1 Å². The van der Waals surface area contributed by atoms with Crippen molar-refractivity contribution in [2.75, 3.05) is 0 Å². The molecule has 0 saturated heterocycles. The molecule has 0 radical (unpaired) electrons. The molecular weight excluding hydrogens is 326 g/mol. The third-order valence-electron chi connectivity index (χ3n) is 3.19. The van der Waals surface area contributed by atoms with Gasteiger partial charge in [0.1, 0.15) is 5.56 Å². The van der Waals surface area contributed by atoms with Crippen LogP contribution in [-0.2, 0) is 14.1 Å². The van der Waals surface area contributed by atoms with Crippen molar-refractivity contribution < 1.29 is 15.0 Å². The molecule has 1 aromatic carbocycles. The molecule has 0 aliphatic heterocycles. The first-order valence-corrected chi connectivity index (χ1v) is 6.67. The topological polar surface area (TPSA) is 114 Å². The lowest BCUT2D eigenvalue weighted by atomic mass is 10.2. The average Bonchev–Trinajstić information content (AvgIpc) is 2.52. The molecule has 0 spiro atoms. The van der Waals surface area contributed by atoms with Crippen LogP contribution in [0, 0.1) is 0 Å². The smallest absolute Gasteiger partial charge is 0.337 e. The summed E-state index contributed by atoms with van der Waals surface area (Å²) in [5, 5.41) is 18.9. The van der Waals surface area contributed by atoms with E-state index >= 15 is 0 Å². The third kappa shape index (κ3) is 3.02. The van der Waals surface area contributed by atoms with Gasteiger partial charge >= 0.3 is 11.7 Å². The molecule has 0 bridgehead atoms. The first-order valence-electron chi connectivity index (χ1n) is 6.30. The molecular formula is C14H12ClN3O5. The third-order valence-corrected chi connectivity index (χ3v) is 3.52. The number of benzene rings is 1. The maximum absolute atomic E-state index is 12.0. The van der Waals surface area contributed by atoms with E-state index in [4.69, 9.17) is 16.7 Å². The van der Waals surface area contributed by atoms with Crippen molar-refractivity contribution in [3.8, 4) is 5.88 Å². The van der Waals surface area contributed by atoms with Crippen molar-refractivity contribution in [1.82, 2.24) is 9.13 Å². The van der Waals surface area contributed by atoms with Crippen LogP contribution in [0.1, 0.15) is 15.9 Å². The Morgan fingerprint density at radius 1 is 1.26 bits per heavy atom. The van der Waals surface area contributed by atoms with Crippen LogP contribution >= 0.6 is 11.6 Å². The number of aliphatic imine (C=N–C) groups is 1. The van der Waals surface area contributed by atoms with E-state index in [1.54, 1.807) is 0 Å². The fourth-order valence-electron chi connectivity index (χ4n) is 1.87. The summed E-state index contributed by atoms with van der Waals surface area (Å²) in [5.41, 5.74) is -1.51. The van der Waals surface area contributed by atoms with Gasteiger partial charge < -0.3 is 10.2 Å². The minimum Gasteiger partial charge on any atom is -0.494 e. The monoisotopic (exact) mass is 337 g/mol. The predicted octanol–water partition coefficient (Wildman–Crippen LogP) is 0.892. The first kappa shape index (κ1) is 16.5. The number of nitrogens with zero attached hydrogens (tertiary/aromatic N) is 3. The molecule has 0 saturated carbocycles. The van der Waals surface area contributed by atoms with Gasteiger partial charge in [0.25, 0.3) is 5.56 Å². The number of rotatable bonds is 3. The lowest BCUT2D eigenvalue weighted by molar-refractivity contribution is 0.0697. The molecule has 23 heavy (non-hydrogen) atoms. The highest BCUT2D eigenvalue weighted by Gasteiger charge is 2.13. The van der Waals surface area contributed by atoms with E-state index in [-0.39, 0.29) is 21.8 Å². The van der Waals surface area contributed by atoms with Crippen molar-refractivity contribution in [3.63, 3.8) is 0 Å². The van der Waals surface area contributed by atoms with Crippen LogP contribution in [-0.4, -0.2) is 31.5 Å². The lowest BCUT2D eigenvalue weighted by Gasteiger charge is -2.07. The van der Waals surface area contributed by atoms with Gasteiger partial charge in [0.15, 0.2) is 0 Å². The molecule has 0 aliphatic rings. The normalized spacial score (nSPS) is 11.1. The Bertz CT molecular complexity index is 943. The zero-order chi connectivity index (χ0) is 17.3. The predicted molar refractivity (Wildman–Crippen MR) is 84.3 cm³/mol. The number of aromatic carboxylic acids is 1. The standard InChI is InChI=1S/C14H12ClN3O5/c1-17-11(19)9(12(20)18(2)14(17)23)6-16-7-3-4-10(15)8(5-7)13(21)22/h3-6,19H,1-2H3,(H,21,22). The van der Waals surface area contributed by atoms with Crippen LogP contribution in [0.4, 0.5) is 5.69 Å². The summed E-state index contributed by atoms with van der Waals surface area (Å²) < 4.78 is 1.72. The maximum atomic E-state index is 12.0. The number of carboxylic acid groups (broad SMARTS) is 1. The minimum absolute atomic E-state index is 0.0531. The molecule has 0 fully saturated rings. The summed E-state index contributed by atoms with van der Waals surface area (Å²) in [4.78, 5) is 38.6. The molecule has 8 nitrogen and oxygen atoms in total.